The van der Waals surface area contributed by atoms with Gasteiger partial charge in [0.15, 0.2) is 0 Å². The van der Waals surface area contributed by atoms with E-state index in [9.17, 15) is 9.90 Å². The molecule has 0 saturated heterocycles. The van der Waals surface area contributed by atoms with E-state index in [-0.39, 0.29) is 0 Å². The third-order valence-electron chi connectivity index (χ3n) is 6.75. The van der Waals surface area contributed by atoms with Crippen LogP contribution in [0.1, 0.15) is 81.6 Å². The average molecular weight is 473 g/mol. The number of carbonyl (C=O) groups is 1. The lowest BCUT2D eigenvalue weighted by atomic mass is 9.92. The Kier molecular flexibility index (Phi) is 10.4. The van der Waals surface area contributed by atoms with Crippen molar-refractivity contribution in [2.75, 3.05) is 6.61 Å². The van der Waals surface area contributed by atoms with Crippen LogP contribution >= 0.6 is 0 Å². The van der Waals surface area contributed by atoms with Crippen molar-refractivity contribution >= 4 is 5.97 Å². The standard InChI is InChI=1S/C32H40O3/c1-4-6-7-8-9-10-21-35-29-19-20-30(26-15-17-28(18-16-26)32(33)34)31(23-29)27-13-11-25(12-14-27)22-24(3)5-2/h11-20,23-24H,4-10,21-22H2,1-3H3,(H,33,34). The molecule has 3 heteroatoms. The predicted octanol–water partition coefficient (Wildman–Crippen LogP) is 9.05. The first-order valence-electron chi connectivity index (χ1n) is 13.2. The topological polar surface area (TPSA) is 46.5 Å². The summed E-state index contributed by atoms with van der Waals surface area (Å²) in [6, 6.07) is 22.2. The Morgan fingerprint density at radius 2 is 1.43 bits per heavy atom. The number of rotatable bonds is 14. The van der Waals surface area contributed by atoms with Crippen molar-refractivity contribution in [2.24, 2.45) is 5.92 Å². The van der Waals surface area contributed by atoms with Crippen LogP contribution in [-0.2, 0) is 6.42 Å². The summed E-state index contributed by atoms with van der Waals surface area (Å²) < 4.78 is 6.13. The SMILES string of the molecule is CCCCCCCCOc1ccc(-c2ccc(C(=O)O)cc2)c(-c2ccc(CC(C)CC)cc2)c1. The normalized spacial score (nSPS) is 11.9. The van der Waals surface area contributed by atoms with E-state index in [1.54, 1.807) is 12.1 Å². The van der Waals surface area contributed by atoms with Gasteiger partial charge in [0, 0.05) is 0 Å². The highest BCUT2D eigenvalue weighted by atomic mass is 16.5. The van der Waals surface area contributed by atoms with Crippen LogP contribution < -0.4 is 4.74 Å². The minimum atomic E-state index is -0.910. The van der Waals surface area contributed by atoms with Gasteiger partial charge < -0.3 is 9.84 Å². The number of hydrogen-bond donors (Lipinski definition) is 1. The van der Waals surface area contributed by atoms with Crippen molar-refractivity contribution in [3.05, 3.63) is 77.9 Å². The minimum absolute atomic E-state index is 0.295. The van der Waals surface area contributed by atoms with Crippen LogP contribution in [0.25, 0.3) is 22.3 Å². The summed E-state index contributed by atoms with van der Waals surface area (Å²) in [4.78, 5) is 11.3. The van der Waals surface area contributed by atoms with E-state index < -0.39 is 5.97 Å². The Morgan fingerprint density at radius 1 is 0.800 bits per heavy atom. The molecule has 0 saturated carbocycles. The molecule has 0 aliphatic heterocycles. The molecular formula is C32H40O3. The number of ether oxygens (including phenoxy) is 1. The largest absolute Gasteiger partial charge is 0.494 e. The highest BCUT2D eigenvalue weighted by molar-refractivity contribution is 5.90. The molecular weight excluding hydrogens is 432 g/mol. The molecule has 0 fully saturated rings. The molecule has 0 radical (unpaired) electrons. The summed E-state index contributed by atoms with van der Waals surface area (Å²) >= 11 is 0. The van der Waals surface area contributed by atoms with Gasteiger partial charge in [0.2, 0.25) is 0 Å². The van der Waals surface area contributed by atoms with Crippen LogP contribution in [0.2, 0.25) is 0 Å². The number of carboxylic acids is 1. The molecule has 0 bridgehead atoms. The van der Waals surface area contributed by atoms with Gasteiger partial charge in [-0.3, -0.25) is 0 Å². The van der Waals surface area contributed by atoms with Gasteiger partial charge in [-0.1, -0.05) is 102 Å². The highest BCUT2D eigenvalue weighted by Gasteiger charge is 2.12. The Hall–Kier alpha value is -3.07. The maximum absolute atomic E-state index is 11.3. The van der Waals surface area contributed by atoms with Gasteiger partial charge in [0.1, 0.15) is 5.75 Å². The van der Waals surface area contributed by atoms with Crippen molar-refractivity contribution < 1.29 is 14.6 Å². The first kappa shape index (κ1) is 26.5. The summed E-state index contributed by atoms with van der Waals surface area (Å²) in [6.07, 6.45) is 9.70. The van der Waals surface area contributed by atoms with Crippen LogP contribution in [0.5, 0.6) is 5.75 Å². The number of unbranched alkanes of at least 4 members (excludes halogenated alkanes) is 5. The predicted molar refractivity (Wildman–Crippen MR) is 146 cm³/mol. The second-order valence-corrected chi connectivity index (χ2v) is 9.62. The zero-order valence-corrected chi connectivity index (χ0v) is 21.6. The van der Waals surface area contributed by atoms with E-state index in [0.29, 0.717) is 11.5 Å². The third kappa shape index (κ3) is 7.99. The Labute approximate surface area is 211 Å². The van der Waals surface area contributed by atoms with Crippen LogP contribution in [0.3, 0.4) is 0 Å². The molecule has 0 heterocycles. The highest BCUT2D eigenvalue weighted by Crippen LogP contribution is 2.35. The molecule has 0 aromatic heterocycles. The van der Waals surface area contributed by atoms with Gasteiger partial charge >= 0.3 is 5.97 Å². The summed E-state index contributed by atoms with van der Waals surface area (Å²) in [5.74, 6) is 0.637. The first-order chi connectivity index (χ1) is 17.0. The molecule has 3 aromatic carbocycles. The van der Waals surface area contributed by atoms with Crippen LogP contribution in [0.4, 0.5) is 0 Å². The van der Waals surface area contributed by atoms with Crippen molar-refractivity contribution in [1.82, 2.24) is 0 Å². The lowest BCUT2D eigenvalue weighted by Gasteiger charge is -2.15. The summed E-state index contributed by atoms with van der Waals surface area (Å²) in [5.41, 5.74) is 5.96. The van der Waals surface area contributed by atoms with E-state index in [4.69, 9.17) is 4.74 Å². The average Bonchev–Trinajstić information content (AvgIpc) is 2.88. The van der Waals surface area contributed by atoms with Crippen molar-refractivity contribution in [2.45, 2.75) is 72.1 Å². The summed E-state index contributed by atoms with van der Waals surface area (Å²) in [5, 5.41) is 9.27. The quantitative estimate of drug-likeness (QED) is 0.238. The molecule has 3 nitrogen and oxygen atoms in total. The molecule has 0 spiro atoms. The number of aromatic carboxylic acids is 1. The lowest BCUT2D eigenvalue weighted by Crippen LogP contribution is -1.99. The number of carboxylic acid groups (broad SMARTS) is 1. The van der Waals surface area contributed by atoms with Crippen molar-refractivity contribution in [3.63, 3.8) is 0 Å². The smallest absolute Gasteiger partial charge is 0.335 e. The van der Waals surface area contributed by atoms with Crippen LogP contribution in [0.15, 0.2) is 66.7 Å². The third-order valence-corrected chi connectivity index (χ3v) is 6.75. The molecule has 0 aliphatic carbocycles. The van der Waals surface area contributed by atoms with Gasteiger partial charge in [-0.05, 0) is 70.8 Å². The first-order valence-corrected chi connectivity index (χ1v) is 13.2. The van der Waals surface area contributed by atoms with E-state index in [0.717, 1.165) is 47.5 Å². The molecule has 3 aromatic rings. The molecule has 1 atom stereocenters. The fourth-order valence-electron chi connectivity index (χ4n) is 4.34. The fourth-order valence-corrected chi connectivity index (χ4v) is 4.34. The Balaban J connectivity index is 1.82. The lowest BCUT2D eigenvalue weighted by molar-refractivity contribution is 0.0697. The van der Waals surface area contributed by atoms with E-state index in [1.165, 1.54) is 44.1 Å². The van der Waals surface area contributed by atoms with Gasteiger partial charge in [-0.25, -0.2) is 4.79 Å². The van der Waals surface area contributed by atoms with Gasteiger partial charge in [0.05, 0.1) is 12.2 Å². The second kappa shape index (κ2) is 13.7. The van der Waals surface area contributed by atoms with Gasteiger partial charge in [-0.15, -0.1) is 0 Å². The maximum atomic E-state index is 11.3. The molecule has 0 amide bonds. The molecule has 35 heavy (non-hydrogen) atoms. The molecule has 3 rings (SSSR count). The van der Waals surface area contributed by atoms with E-state index in [1.807, 2.05) is 18.2 Å². The Morgan fingerprint density at radius 3 is 2.09 bits per heavy atom. The number of benzene rings is 3. The summed E-state index contributed by atoms with van der Waals surface area (Å²) in [7, 11) is 0. The number of hydrogen-bond acceptors (Lipinski definition) is 2. The second-order valence-electron chi connectivity index (χ2n) is 9.62. The van der Waals surface area contributed by atoms with Crippen LogP contribution in [-0.4, -0.2) is 17.7 Å². The molecule has 1 N–H and O–H groups in total. The minimum Gasteiger partial charge on any atom is -0.494 e. The molecule has 186 valence electrons. The molecule has 1 unspecified atom stereocenters. The molecule has 0 aliphatic rings. The van der Waals surface area contributed by atoms with E-state index >= 15 is 0 Å². The fraction of sp³-hybridized carbons (Fsp3) is 0.406. The van der Waals surface area contributed by atoms with Crippen molar-refractivity contribution in [3.8, 4) is 28.0 Å². The zero-order valence-electron chi connectivity index (χ0n) is 21.6. The maximum Gasteiger partial charge on any atom is 0.335 e. The van der Waals surface area contributed by atoms with E-state index in [2.05, 4.69) is 57.2 Å². The summed E-state index contributed by atoms with van der Waals surface area (Å²) in [6.45, 7) is 7.49. The van der Waals surface area contributed by atoms with Gasteiger partial charge in [-0.2, -0.15) is 0 Å². The van der Waals surface area contributed by atoms with Crippen LogP contribution in [0, 0.1) is 5.92 Å². The monoisotopic (exact) mass is 472 g/mol. The Bertz CT molecular complexity index is 1050. The zero-order chi connectivity index (χ0) is 25.0. The van der Waals surface area contributed by atoms with Gasteiger partial charge in [0.25, 0.3) is 0 Å². The van der Waals surface area contributed by atoms with Crippen molar-refractivity contribution in [1.29, 1.82) is 0 Å².